The third kappa shape index (κ3) is 9.20. The van der Waals surface area contributed by atoms with Gasteiger partial charge in [0.1, 0.15) is 6.04 Å². The second-order valence-corrected chi connectivity index (χ2v) is 13.7. The quantitative estimate of drug-likeness (QED) is 0.163. The fourth-order valence-electron chi connectivity index (χ4n) is 8.59. The predicted molar refractivity (Wildman–Crippen MR) is 175 cm³/mol. The average molecular weight is 600 g/mol. The monoisotopic (exact) mass is 599 g/mol. The maximum absolute atomic E-state index is 13.7. The van der Waals surface area contributed by atoms with Gasteiger partial charge in [-0.25, -0.2) is 4.79 Å². The summed E-state index contributed by atoms with van der Waals surface area (Å²) >= 11 is 0. The third-order valence-electron chi connectivity index (χ3n) is 10.8. The Kier molecular flexibility index (Phi) is 14.3. The first kappa shape index (κ1) is 35.4. The zero-order valence-electron chi connectivity index (χ0n) is 27.7. The largest absolute Gasteiger partial charge is 0.465 e. The second kappa shape index (κ2) is 17.4. The average Bonchev–Trinajstić information content (AvgIpc) is 3.27. The molecule has 1 unspecified atom stereocenters. The smallest absolute Gasteiger partial charge is 0.405 e. The van der Waals surface area contributed by atoms with Crippen LogP contribution in [-0.2, 0) is 4.79 Å². The Morgan fingerprint density at radius 3 is 2.16 bits per heavy atom. The Balaban J connectivity index is 1.89. The van der Waals surface area contributed by atoms with Crippen molar-refractivity contribution in [3.63, 3.8) is 0 Å². The molecule has 7 heteroatoms. The molecule has 2 amide bonds. The molecule has 1 aromatic rings. The van der Waals surface area contributed by atoms with Gasteiger partial charge in [-0.05, 0) is 69.4 Å². The first-order valence-electron chi connectivity index (χ1n) is 17.4. The van der Waals surface area contributed by atoms with E-state index in [1.165, 1.54) is 76.2 Å². The fraction of sp³-hybridized carbons (Fsp3) is 0.778. The molecule has 43 heavy (non-hydrogen) atoms. The van der Waals surface area contributed by atoms with Crippen LogP contribution in [0.4, 0.5) is 4.79 Å². The number of hydrogen-bond donors (Lipinski definition) is 3. The second-order valence-electron chi connectivity index (χ2n) is 13.7. The molecular weight excluding hydrogens is 538 g/mol. The summed E-state index contributed by atoms with van der Waals surface area (Å²) in [7, 11) is 2.27. The number of carboxylic acid groups (broad SMARTS) is 1. The van der Waals surface area contributed by atoms with E-state index in [9.17, 15) is 19.8 Å². The van der Waals surface area contributed by atoms with Gasteiger partial charge in [0.25, 0.3) is 0 Å². The minimum atomic E-state index is -1.23. The van der Waals surface area contributed by atoms with Gasteiger partial charge in [0.2, 0.25) is 5.91 Å². The van der Waals surface area contributed by atoms with E-state index in [1.54, 1.807) is 0 Å². The van der Waals surface area contributed by atoms with Gasteiger partial charge in [-0.2, -0.15) is 0 Å². The van der Waals surface area contributed by atoms with Crippen LogP contribution in [0.15, 0.2) is 30.3 Å². The van der Waals surface area contributed by atoms with Crippen molar-refractivity contribution in [1.29, 1.82) is 0 Å². The SMILES string of the molecule is CCCCC(CCCC)(CCCC)CCCC1N(C)C[C@@H](c2ccccc2)[C@@]12CCCN(C(=O)[C@@H](CCO)NC(=O)O)C2. The van der Waals surface area contributed by atoms with Crippen LogP contribution in [-0.4, -0.2) is 77.4 Å². The molecule has 1 aromatic carbocycles. The standard InChI is InChI=1S/C36H61N3O4/c1-5-8-20-35(21-9-6-2,22-10-7-3)23-14-18-32-36(30(27-38(32)4)29-16-12-11-13-17-29)24-15-25-39(28-36)33(41)31(19-26-40)37-34(42)43/h11-13,16-17,30-32,37,40H,5-10,14-15,18-28H2,1-4H3,(H,42,43)/t30-,31+,32?,36-/m0/s1. The highest BCUT2D eigenvalue weighted by Gasteiger charge is 2.55. The molecule has 7 nitrogen and oxygen atoms in total. The third-order valence-corrected chi connectivity index (χ3v) is 10.8. The number of likely N-dealkylation sites (N-methyl/N-ethyl adjacent to an activating group) is 1. The first-order valence-corrected chi connectivity index (χ1v) is 17.4. The Labute approximate surface area is 261 Å². The highest BCUT2D eigenvalue weighted by Crippen LogP contribution is 2.54. The van der Waals surface area contributed by atoms with Crippen LogP contribution < -0.4 is 5.32 Å². The lowest BCUT2D eigenvalue weighted by atomic mass is 9.64. The highest BCUT2D eigenvalue weighted by atomic mass is 16.4. The van der Waals surface area contributed by atoms with Crippen LogP contribution in [0, 0.1) is 10.8 Å². The normalized spacial score (nSPS) is 23.5. The Hall–Kier alpha value is -2.12. The number of rotatable bonds is 18. The van der Waals surface area contributed by atoms with Crippen molar-refractivity contribution in [3.05, 3.63) is 35.9 Å². The fourth-order valence-corrected chi connectivity index (χ4v) is 8.59. The summed E-state index contributed by atoms with van der Waals surface area (Å²) in [5.41, 5.74) is 1.69. The molecule has 3 N–H and O–H groups in total. The number of piperidine rings is 1. The molecule has 4 atom stereocenters. The van der Waals surface area contributed by atoms with Crippen LogP contribution in [0.1, 0.15) is 129 Å². The summed E-state index contributed by atoms with van der Waals surface area (Å²) in [5, 5.41) is 21.3. The summed E-state index contributed by atoms with van der Waals surface area (Å²) in [6.07, 6.45) is 16.2. The van der Waals surface area contributed by atoms with Crippen LogP contribution in [0.5, 0.6) is 0 Å². The molecule has 2 fully saturated rings. The van der Waals surface area contributed by atoms with Gasteiger partial charge in [0.05, 0.1) is 0 Å². The molecule has 2 saturated heterocycles. The zero-order valence-corrected chi connectivity index (χ0v) is 27.7. The minimum Gasteiger partial charge on any atom is -0.465 e. The summed E-state index contributed by atoms with van der Waals surface area (Å²) in [4.78, 5) is 29.7. The molecular formula is C36H61N3O4. The molecule has 244 valence electrons. The molecule has 2 heterocycles. The molecule has 2 aliphatic heterocycles. The van der Waals surface area contributed by atoms with E-state index in [-0.39, 0.29) is 24.3 Å². The van der Waals surface area contributed by atoms with E-state index in [1.807, 2.05) is 4.90 Å². The van der Waals surface area contributed by atoms with Gasteiger partial charge in [0, 0.05) is 43.6 Å². The van der Waals surface area contributed by atoms with Crippen LogP contribution in [0.2, 0.25) is 0 Å². The topological polar surface area (TPSA) is 93.1 Å². The van der Waals surface area contributed by atoms with E-state index < -0.39 is 12.1 Å². The zero-order chi connectivity index (χ0) is 31.3. The maximum atomic E-state index is 13.7. The van der Waals surface area contributed by atoms with Crippen molar-refractivity contribution in [2.24, 2.45) is 10.8 Å². The van der Waals surface area contributed by atoms with Gasteiger partial charge in [-0.1, -0.05) is 96.0 Å². The summed E-state index contributed by atoms with van der Waals surface area (Å²) in [5.74, 6) is 0.112. The van der Waals surface area contributed by atoms with E-state index >= 15 is 0 Å². The van der Waals surface area contributed by atoms with E-state index in [0.29, 0.717) is 30.5 Å². The lowest BCUT2D eigenvalue weighted by Crippen LogP contribution is -2.57. The van der Waals surface area contributed by atoms with E-state index in [4.69, 9.17) is 0 Å². The number of hydrogen-bond acceptors (Lipinski definition) is 4. The first-order chi connectivity index (χ1) is 20.8. The van der Waals surface area contributed by atoms with Gasteiger partial charge < -0.3 is 25.3 Å². The van der Waals surface area contributed by atoms with Crippen molar-refractivity contribution in [2.45, 2.75) is 135 Å². The number of amides is 2. The van der Waals surface area contributed by atoms with Crippen molar-refractivity contribution in [2.75, 3.05) is 33.3 Å². The molecule has 0 radical (unpaired) electrons. The number of aliphatic hydroxyl groups is 1. The van der Waals surface area contributed by atoms with Crippen molar-refractivity contribution in [3.8, 4) is 0 Å². The van der Waals surface area contributed by atoms with Crippen molar-refractivity contribution in [1.82, 2.24) is 15.1 Å². The van der Waals surface area contributed by atoms with Gasteiger partial charge >= 0.3 is 6.09 Å². The molecule has 0 aliphatic carbocycles. The lowest BCUT2D eigenvalue weighted by molar-refractivity contribution is -0.138. The summed E-state index contributed by atoms with van der Waals surface area (Å²) < 4.78 is 0. The number of nitrogens with one attached hydrogen (secondary N) is 1. The van der Waals surface area contributed by atoms with E-state index in [2.05, 4.69) is 68.4 Å². The Bertz CT molecular complexity index is 951. The number of aliphatic hydroxyl groups excluding tert-OH is 1. The van der Waals surface area contributed by atoms with Crippen molar-refractivity contribution < 1.29 is 19.8 Å². The Morgan fingerprint density at radius 1 is 1.00 bits per heavy atom. The molecule has 1 spiro atoms. The van der Waals surface area contributed by atoms with Crippen LogP contribution >= 0.6 is 0 Å². The lowest BCUT2D eigenvalue weighted by Gasteiger charge is -2.48. The number of carbonyl (C=O) groups excluding carboxylic acids is 1. The molecule has 0 bridgehead atoms. The van der Waals surface area contributed by atoms with Crippen molar-refractivity contribution >= 4 is 12.0 Å². The minimum absolute atomic E-state index is 0.0874. The molecule has 2 aliphatic rings. The van der Waals surface area contributed by atoms with Crippen LogP contribution in [0.25, 0.3) is 0 Å². The Morgan fingerprint density at radius 2 is 1.60 bits per heavy atom. The van der Waals surface area contributed by atoms with Crippen LogP contribution in [0.3, 0.4) is 0 Å². The van der Waals surface area contributed by atoms with E-state index in [0.717, 1.165) is 25.8 Å². The molecule has 0 saturated carbocycles. The van der Waals surface area contributed by atoms with Gasteiger partial charge in [0.15, 0.2) is 0 Å². The number of nitrogens with zero attached hydrogens (tertiary/aromatic N) is 2. The summed E-state index contributed by atoms with van der Waals surface area (Å²) in [6.45, 7) is 8.96. The van der Waals surface area contributed by atoms with Gasteiger partial charge in [-0.15, -0.1) is 0 Å². The number of carbonyl (C=O) groups is 2. The van der Waals surface area contributed by atoms with Gasteiger partial charge in [-0.3, -0.25) is 4.79 Å². The maximum Gasteiger partial charge on any atom is 0.405 e. The molecule has 0 aromatic heterocycles. The number of benzene rings is 1. The number of likely N-dealkylation sites (tertiary alicyclic amines) is 2. The summed E-state index contributed by atoms with van der Waals surface area (Å²) in [6, 6.07) is 10.3. The molecule has 3 rings (SSSR count). The predicted octanol–water partition coefficient (Wildman–Crippen LogP) is 7.44. The highest BCUT2D eigenvalue weighted by molar-refractivity contribution is 5.85. The number of unbranched alkanes of at least 4 members (excludes halogenated alkanes) is 3.